The van der Waals surface area contributed by atoms with Gasteiger partial charge in [-0.05, 0) is 62.3 Å². The molecule has 0 unspecified atom stereocenters. The van der Waals surface area contributed by atoms with Gasteiger partial charge in [-0.25, -0.2) is 0 Å². The summed E-state index contributed by atoms with van der Waals surface area (Å²) in [5.74, 6) is 0.815. The predicted octanol–water partition coefficient (Wildman–Crippen LogP) is 3.65. The molecule has 1 aromatic carbocycles. The molecule has 1 atom stereocenters. The highest BCUT2D eigenvalue weighted by atomic mass is 16.5. The number of carbonyl (C=O) groups is 2. The highest BCUT2D eigenvalue weighted by Crippen LogP contribution is 2.36. The number of likely N-dealkylation sites (tertiary alicyclic amines) is 1. The molecule has 1 saturated heterocycles. The van der Waals surface area contributed by atoms with Crippen molar-refractivity contribution < 1.29 is 19.1 Å². The van der Waals surface area contributed by atoms with E-state index in [1.165, 1.54) is 0 Å². The first-order valence-corrected chi connectivity index (χ1v) is 11.0. The van der Waals surface area contributed by atoms with E-state index in [0.29, 0.717) is 44.1 Å². The van der Waals surface area contributed by atoms with Gasteiger partial charge >= 0.3 is 5.97 Å². The second-order valence-corrected chi connectivity index (χ2v) is 8.74. The summed E-state index contributed by atoms with van der Waals surface area (Å²) >= 11 is 0. The summed E-state index contributed by atoms with van der Waals surface area (Å²) in [5, 5.41) is 7.20. The fourth-order valence-corrected chi connectivity index (χ4v) is 4.32. The Kier molecular flexibility index (Phi) is 7.36. The summed E-state index contributed by atoms with van der Waals surface area (Å²) in [6, 6.07) is 9.54. The number of nitrogens with one attached hydrogen (secondary N) is 1. The molecule has 2 heterocycles. The van der Waals surface area contributed by atoms with Crippen molar-refractivity contribution >= 4 is 11.9 Å². The van der Waals surface area contributed by atoms with Crippen molar-refractivity contribution in [3.8, 4) is 5.75 Å². The van der Waals surface area contributed by atoms with Crippen LogP contribution in [0, 0.1) is 11.3 Å². The molecule has 0 aliphatic carbocycles. The average molecular weight is 428 g/mol. The molecular weight excluding hydrogens is 394 g/mol. The zero-order chi connectivity index (χ0) is 22.4. The molecule has 7 nitrogen and oxygen atoms in total. The molecule has 1 N–H and O–H groups in total. The second-order valence-electron chi connectivity index (χ2n) is 8.74. The summed E-state index contributed by atoms with van der Waals surface area (Å²) < 4.78 is 10.8. The van der Waals surface area contributed by atoms with E-state index in [1.807, 2.05) is 37.3 Å². The number of hydrogen-bond acceptors (Lipinski definition) is 5. The highest BCUT2D eigenvalue weighted by molar-refractivity contribution is 5.93. The maximum Gasteiger partial charge on any atom is 0.314 e. The fourth-order valence-electron chi connectivity index (χ4n) is 4.32. The van der Waals surface area contributed by atoms with Gasteiger partial charge in [0.2, 0.25) is 0 Å². The molecule has 2 aromatic rings. The summed E-state index contributed by atoms with van der Waals surface area (Å²) in [5.41, 5.74) is 1.55. The van der Waals surface area contributed by atoms with Crippen LogP contribution < -0.4 is 4.74 Å². The number of methoxy groups -OCH3 is 1. The normalized spacial score (nSPS) is 18.8. The lowest BCUT2D eigenvalue weighted by Gasteiger charge is -2.41. The van der Waals surface area contributed by atoms with E-state index in [4.69, 9.17) is 9.47 Å². The van der Waals surface area contributed by atoms with Gasteiger partial charge in [0.25, 0.3) is 5.91 Å². The number of esters is 1. The molecule has 1 aliphatic rings. The van der Waals surface area contributed by atoms with Crippen LogP contribution in [0.15, 0.2) is 30.3 Å². The Bertz CT molecular complexity index is 908. The number of H-pyrrole nitrogens is 1. The van der Waals surface area contributed by atoms with Crippen LogP contribution in [0.5, 0.6) is 5.75 Å². The quantitative estimate of drug-likeness (QED) is 0.650. The number of amides is 1. The minimum Gasteiger partial charge on any atom is -0.497 e. The van der Waals surface area contributed by atoms with E-state index in [9.17, 15) is 9.59 Å². The smallest absolute Gasteiger partial charge is 0.314 e. The van der Waals surface area contributed by atoms with Crippen molar-refractivity contribution in [3.05, 3.63) is 47.3 Å². The number of carbonyl (C=O) groups excluding carboxylic acids is 2. The Morgan fingerprint density at radius 2 is 2.10 bits per heavy atom. The molecule has 0 spiro atoms. The molecule has 0 bridgehead atoms. The first-order chi connectivity index (χ1) is 14.9. The third-order valence-corrected chi connectivity index (χ3v) is 5.73. The van der Waals surface area contributed by atoms with E-state index >= 15 is 0 Å². The number of ether oxygens (including phenoxy) is 2. The van der Waals surface area contributed by atoms with Crippen LogP contribution in [-0.4, -0.2) is 53.8 Å². The molecule has 31 heavy (non-hydrogen) atoms. The van der Waals surface area contributed by atoms with E-state index in [1.54, 1.807) is 12.0 Å². The molecule has 1 aromatic heterocycles. The zero-order valence-corrected chi connectivity index (χ0v) is 18.9. The number of nitrogens with zero attached hydrogens (tertiary/aromatic N) is 2. The lowest BCUT2D eigenvalue weighted by atomic mass is 9.75. The second kappa shape index (κ2) is 9.98. The van der Waals surface area contributed by atoms with Gasteiger partial charge in [-0.3, -0.25) is 14.7 Å². The van der Waals surface area contributed by atoms with E-state index in [-0.39, 0.29) is 11.9 Å². The predicted molar refractivity (Wildman–Crippen MR) is 118 cm³/mol. The van der Waals surface area contributed by atoms with E-state index in [0.717, 1.165) is 29.8 Å². The molecule has 168 valence electrons. The summed E-state index contributed by atoms with van der Waals surface area (Å²) in [7, 11) is 1.62. The van der Waals surface area contributed by atoms with Crippen LogP contribution in [0.2, 0.25) is 0 Å². The molecule has 0 saturated carbocycles. The lowest BCUT2D eigenvalue weighted by molar-refractivity contribution is -0.158. The number of rotatable bonds is 8. The molecule has 3 rings (SSSR count). The SMILES string of the molecule is CCOC(=O)[C@@]1(Cc2cccc(OC)c2)CCCN(C(=O)c2cc(CC(C)C)[nH]n2)C1. The standard InChI is InChI=1S/C24H33N3O4/c1-5-31-23(29)24(15-18-8-6-9-20(13-18)30-4)10-7-11-27(16-24)22(28)21-14-19(25-26-21)12-17(2)3/h6,8-9,13-14,17H,5,7,10-12,15-16H2,1-4H3,(H,25,26)/t24-/m1/s1. The van der Waals surface area contributed by atoms with Gasteiger partial charge < -0.3 is 14.4 Å². The van der Waals surface area contributed by atoms with Gasteiger partial charge in [-0.15, -0.1) is 0 Å². The molecular formula is C24H33N3O4. The van der Waals surface area contributed by atoms with Gasteiger partial charge in [-0.1, -0.05) is 26.0 Å². The molecule has 0 radical (unpaired) electrons. The van der Waals surface area contributed by atoms with Crippen LogP contribution in [-0.2, 0) is 22.4 Å². The number of aromatic amines is 1. The monoisotopic (exact) mass is 427 g/mol. The average Bonchev–Trinajstić information content (AvgIpc) is 3.21. The Morgan fingerprint density at radius 1 is 1.29 bits per heavy atom. The largest absolute Gasteiger partial charge is 0.497 e. The minimum absolute atomic E-state index is 0.148. The van der Waals surface area contributed by atoms with E-state index in [2.05, 4.69) is 24.0 Å². The number of aromatic nitrogens is 2. The van der Waals surface area contributed by atoms with Gasteiger partial charge in [0, 0.05) is 18.8 Å². The third kappa shape index (κ3) is 5.46. The van der Waals surface area contributed by atoms with Crippen LogP contribution >= 0.6 is 0 Å². The highest BCUT2D eigenvalue weighted by Gasteiger charge is 2.45. The van der Waals surface area contributed by atoms with Crippen molar-refractivity contribution in [2.75, 3.05) is 26.8 Å². The first kappa shape index (κ1) is 22.8. The van der Waals surface area contributed by atoms with Crippen LogP contribution in [0.1, 0.15) is 55.4 Å². The molecule has 1 fully saturated rings. The Labute approximate surface area is 184 Å². The van der Waals surface area contributed by atoms with Crippen molar-refractivity contribution in [2.45, 2.75) is 46.5 Å². The van der Waals surface area contributed by atoms with Crippen molar-refractivity contribution in [1.29, 1.82) is 0 Å². The van der Waals surface area contributed by atoms with Crippen LogP contribution in [0.25, 0.3) is 0 Å². The Morgan fingerprint density at radius 3 is 2.81 bits per heavy atom. The third-order valence-electron chi connectivity index (χ3n) is 5.73. The fraction of sp³-hybridized carbons (Fsp3) is 0.542. The van der Waals surface area contributed by atoms with Crippen molar-refractivity contribution in [3.63, 3.8) is 0 Å². The van der Waals surface area contributed by atoms with E-state index < -0.39 is 5.41 Å². The van der Waals surface area contributed by atoms with Crippen LogP contribution in [0.3, 0.4) is 0 Å². The van der Waals surface area contributed by atoms with Crippen molar-refractivity contribution in [2.24, 2.45) is 11.3 Å². The van der Waals surface area contributed by atoms with Gasteiger partial charge in [0.1, 0.15) is 11.4 Å². The molecule has 7 heteroatoms. The Hall–Kier alpha value is -2.83. The van der Waals surface area contributed by atoms with Gasteiger partial charge in [0.05, 0.1) is 19.1 Å². The summed E-state index contributed by atoms with van der Waals surface area (Å²) in [4.78, 5) is 28.0. The zero-order valence-electron chi connectivity index (χ0n) is 18.9. The maximum absolute atomic E-state index is 13.2. The van der Waals surface area contributed by atoms with Gasteiger partial charge in [-0.2, -0.15) is 5.10 Å². The molecule has 1 aliphatic heterocycles. The maximum atomic E-state index is 13.2. The van der Waals surface area contributed by atoms with Crippen molar-refractivity contribution in [1.82, 2.24) is 15.1 Å². The number of hydrogen-bond donors (Lipinski definition) is 1. The molecule has 1 amide bonds. The van der Waals surface area contributed by atoms with Gasteiger partial charge in [0.15, 0.2) is 0 Å². The lowest BCUT2D eigenvalue weighted by Crippen LogP contribution is -2.51. The number of piperidine rings is 1. The Balaban J connectivity index is 1.83. The number of benzene rings is 1. The minimum atomic E-state index is -0.784. The summed E-state index contributed by atoms with van der Waals surface area (Å²) in [6.45, 7) is 7.28. The topological polar surface area (TPSA) is 84.5 Å². The summed E-state index contributed by atoms with van der Waals surface area (Å²) in [6.07, 6.45) is 2.73. The van der Waals surface area contributed by atoms with Crippen LogP contribution in [0.4, 0.5) is 0 Å². The first-order valence-electron chi connectivity index (χ1n) is 11.0.